The highest BCUT2D eigenvalue weighted by molar-refractivity contribution is 7.09. The Kier molecular flexibility index (Phi) is 2.39. The van der Waals surface area contributed by atoms with Gasteiger partial charge in [-0.3, -0.25) is 4.79 Å². The van der Waals surface area contributed by atoms with Gasteiger partial charge in [-0.25, -0.2) is 4.98 Å². The molecule has 0 saturated heterocycles. The number of nitrogens with one attached hydrogen (secondary N) is 1. The molecule has 0 unspecified atom stereocenters. The van der Waals surface area contributed by atoms with Gasteiger partial charge in [0, 0.05) is 5.38 Å². The van der Waals surface area contributed by atoms with Gasteiger partial charge in [0.2, 0.25) is 6.41 Å². The quantitative estimate of drug-likeness (QED) is 0.654. The minimum Gasteiger partial charge on any atom is -0.353 e. The second-order valence-corrected chi connectivity index (χ2v) is 2.92. The lowest BCUT2D eigenvalue weighted by molar-refractivity contribution is -0.109. The van der Waals surface area contributed by atoms with Gasteiger partial charge in [0.1, 0.15) is 0 Å². The Balaban J connectivity index is 2.49. The van der Waals surface area contributed by atoms with Crippen LogP contribution < -0.4 is 5.32 Å². The average Bonchev–Trinajstić information content (AvgIpc) is 2.31. The summed E-state index contributed by atoms with van der Waals surface area (Å²) in [6, 6.07) is 0. The molecule has 0 aliphatic rings. The highest BCUT2D eigenvalue weighted by Crippen LogP contribution is 2.06. The summed E-state index contributed by atoms with van der Waals surface area (Å²) in [5.74, 6) is 0. The molecule has 1 rings (SSSR count). The van der Waals surface area contributed by atoms with Crippen LogP contribution in [0.15, 0.2) is 5.38 Å². The Labute approximate surface area is 63.1 Å². The lowest BCUT2D eigenvalue weighted by Crippen LogP contribution is -2.09. The van der Waals surface area contributed by atoms with Crippen molar-refractivity contribution in [3.63, 3.8) is 0 Å². The Bertz CT molecular complexity index is 221. The molecular weight excluding hydrogens is 148 g/mol. The van der Waals surface area contributed by atoms with E-state index in [0.717, 1.165) is 10.7 Å². The predicted molar refractivity (Wildman–Crippen MR) is 39.8 cm³/mol. The Morgan fingerprint density at radius 3 is 3.20 bits per heavy atom. The third-order valence-electron chi connectivity index (χ3n) is 1.03. The fourth-order valence-electron chi connectivity index (χ4n) is 0.636. The predicted octanol–water partition coefficient (Wildman–Crippen LogP) is 0.698. The fraction of sp³-hybridized carbons (Fsp3) is 0.333. The molecular formula is C6H8N2OS. The van der Waals surface area contributed by atoms with E-state index < -0.39 is 0 Å². The number of hydrogen-bond acceptors (Lipinski definition) is 3. The van der Waals surface area contributed by atoms with Crippen LogP contribution in [0.4, 0.5) is 0 Å². The topological polar surface area (TPSA) is 42.0 Å². The van der Waals surface area contributed by atoms with Crippen LogP contribution >= 0.6 is 11.3 Å². The van der Waals surface area contributed by atoms with Gasteiger partial charge in [-0.15, -0.1) is 11.3 Å². The molecule has 4 heteroatoms. The minimum atomic E-state index is 0.536. The van der Waals surface area contributed by atoms with Crippen molar-refractivity contribution in [2.24, 2.45) is 0 Å². The van der Waals surface area contributed by atoms with Gasteiger partial charge >= 0.3 is 0 Å². The van der Waals surface area contributed by atoms with E-state index in [1.165, 1.54) is 0 Å². The molecule has 54 valence electrons. The first-order valence-corrected chi connectivity index (χ1v) is 3.79. The first-order chi connectivity index (χ1) is 4.83. The van der Waals surface area contributed by atoms with E-state index in [0.29, 0.717) is 13.0 Å². The molecule has 1 aromatic heterocycles. The van der Waals surface area contributed by atoms with E-state index in [-0.39, 0.29) is 0 Å². The molecule has 1 heterocycles. The van der Waals surface area contributed by atoms with Gasteiger partial charge in [0.25, 0.3) is 0 Å². The van der Waals surface area contributed by atoms with E-state index in [9.17, 15) is 4.79 Å². The lowest BCUT2D eigenvalue weighted by Gasteiger charge is -1.90. The third kappa shape index (κ3) is 1.80. The normalized spacial score (nSPS) is 9.30. The molecule has 0 fully saturated rings. The number of amides is 1. The van der Waals surface area contributed by atoms with Crippen molar-refractivity contribution in [1.82, 2.24) is 10.3 Å². The van der Waals surface area contributed by atoms with E-state index in [1.54, 1.807) is 11.3 Å². The van der Waals surface area contributed by atoms with E-state index >= 15 is 0 Å². The summed E-state index contributed by atoms with van der Waals surface area (Å²) in [5.41, 5.74) is 0.926. The van der Waals surface area contributed by atoms with Gasteiger partial charge in [-0.05, 0) is 6.92 Å². The fourth-order valence-corrected chi connectivity index (χ4v) is 1.25. The van der Waals surface area contributed by atoms with Crippen LogP contribution in [0.5, 0.6) is 0 Å². The zero-order valence-corrected chi connectivity index (χ0v) is 6.44. The molecule has 1 aromatic rings. The Morgan fingerprint density at radius 2 is 2.70 bits per heavy atom. The van der Waals surface area contributed by atoms with Crippen LogP contribution in [-0.2, 0) is 11.3 Å². The molecule has 0 aromatic carbocycles. The maximum Gasteiger partial charge on any atom is 0.207 e. The zero-order valence-electron chi connectivity index (χ0n) is 5.63. The van der Waals surface area contributed by atoms with Crippen molar-refractivity contribution < 1.29 is 4.79 Å². The maximum absolute atomic E-state index is 9.85. The summed E-state index contributed by atoms with van der Waals surface area (Å²) in [5, 5.41) is 5.51. The van der Waals surface area contributed by atoms with Crippen molar-refractivity contribution in [2.75, 3.05) is 0 Å². The molecule has 3 nitrogen and oxygen atoms in total. The van der Waals surface area contributed by atoms with Gasteiger partial charge in [0.15, 0.2) is 0 Å². The molecule has 0 aliphatic carbocycles. The number of thiazole rings is 1. The van der Waals surface area contributed by atoms with Crippen LogP contribution in [-0.4, -0.2) is 11.4 Å². The van der Waals surface area contributed by atoms with Crippen LogP contribution in [0.2, 0.25) is 0 Å². The van der Waals surface area contributed by atoms with Crippen LogP contribution in [0.1, 0.15) is 10.7 Å². The molecule has 10 heavy (non-hydrogen) atoms. The van der Waals surface area contributed by atoms with Gasteiger partial charge in [0.05, 0.1) is 17.2 Å². The highest BCUT2D eigenvalue weighted by atomic mass is 32.1. The van der Waals surface area contributed by atoms with Crippen LogP contribution in [0.3, 0.4) is 0 Å². The standard InChI is InChI=1S/C6H8N2OS/c1-5-8-6(3-10-5)2-7-4-9/h3-4H,2H2,1H3,(H,7,9). The first kappa shape index (κ1) is 7.21. The van der Waals surface area contributed by atoms with Crippen molar-refractivity contribution in [2.45, 2.75) is 13.5 Å². The molecule has 0 saturated carbocycles. The van der Waals surface area contributed by atoms with Gasteiger partial charge in [-0.2, -0.15) is 0 Å². The first-order valence-electron chi connectivity index (χ1n) is 2.91. The van der Waals surface area contributed by atoms with E-state index in [1.807, 2.05) is 12.3 Å². The number of rotatable bonds is 3. The molecule has 0 atom stereocenters. The largest absolute Gasteiger partial charge is 0.353 e. The number of carbonyl (C=O) groups is 1. The number of carbonyl (C=O) groups excluding carboxylic acids is 1. The SMILES string of the molecule is Cc1nc(CNC=O)cs1. The molecule has 0 spiro atoms. The Hall–Kier alpha value is -0.900. The van der Waals surface area contributed by atoms with E-state index in [2.05, 4.69) is 10.3 Å². The maximum atomic E-state index is 9.85. The van der Waals surface area contributed by atoms with Crippen LogP contribution in [0.25, 0.3) is 0 Å². The molecule has 0 bridgehead atoms. The minimum absolute atomic E-state index is 0.536. The van der Waals surface area contributed by atoms with Crippen molar-refractivity contribution >= 4 is 17.7 Å². The Morgan fingerprint density at radius 1 is 1.90 bits per heavy atom. The van der Waals surface area contributed by atoms with Gasteiger partial charge < -0.3 is 5.32 Å². The number of aryl methyl sites for hydroxylation is 1. The summed E-state index contributed by atoms with van der Waals surface area (Å²) >= 11 is 1.59. The molecule has 0 radical (unpaired) electrons. The molecule has 1 N–H and O–H groups in total. The second-order valence-electron chi connectivity index (χ2n) is 1.86. The summed E-state index contributed by atoms with van der Waals surface area (Å²) in [6.45, 7) is 2.48. The molecule has 1 amide bonds. The second kappa shape index (κ2) is 3.31. The lowest BCUT2D eigenvalue weighted by atomic mass is 10.5. The van der Waals surface area contributed by atoms with Crippen molar-refractivity contribution in [3.05, 3.63) is 16.1 Å². The highest BCUT2D eigenvalue weighted by Gasteiger charge is 1.94. The average molecular weight is 156 g/mol. The van der Waals surface area contributed by atoms with Gasteiger partial charge in [-0.1, -0.05) is 0 Å². The smallest absolute Gasteiger partial charge is 0.207 e. The summed E-state index contributed by atoms with van der Waals surface area (Å²) in [4.78, 5) is 14.0. The number of aromatic nitrogens is 1. The van der Waals surface area contributed by atoms with Crippen LogP contribution in [0, 0.1) is 6.92 Å². The van der Waals surface area contributed by atoms with Crippen molar-refractivity contribution in [1.29, 1.82) is 0 Å². The molecule has 0 aliphatic heterocycles. The van der Waals surface area contributed by atoms with E-state index in [4.69, 9.17) is 0 Å². The number of nitrogens with zero attached hydrogens (tertiary/aromatic N) is 1. The third-order valence-corrected chi connectivity index (χ3v) is 1.86. The van der Waals surface area contributed by atoms with Crippen molar-refractivity contribution in [3.8, 4) is 0 Å². The zero-order chi connectivity index (χ0) is 7.40. The number of hydrogen-bond donors (Lipinski definition) is 1. The summed E-state index contributed by atoms with van der Waals surface area (Å²) in [7, 11) is 0. The summed E-state index contributed by atoms with van der Waals surface area (Å²) in [6.07, 6.45) is 0.675. The summed E-state index contributed by atoms with van der Waals surface area (Å²) < 4.78 is 0. The monoisotopic (exact) mass is 156 g/mol.